The molecule has 0 unspecified atom stereocenters. The minimum absolute atomic E-state index is 0.240. The SMILES string of the molecule is COc1nc(Nc2ccc(N3CCOCC3)cc2)nc(-c2ccc(N3CCOCC3)nc2)n1. The van der Waals surface area contributed by atoms with Crippen molar-refractivity contribution in [3.63, 3.8) is 0 Å². The molecule has 4 heterocycles. The molecule has 33 heavy (non-hydrogen) atoms. The molecule has 3 aromatic rings. The molecule has 2 aromatic heterocycles. The Kier molecular flexibility index (Phi) is 6.45. The highest BCUT2D eigenvalue weighted by Gasteiger charge is 2.15. The van der Waals surface area contributed by atoms with Crippen molar-refractivity contribution in [3.05, 3.63) is 42.6 Å². The van der Waals surface area contributed by atoms with Crippen LogP contribution < -0.4 is 19.9 Å². The Morgan fingerprint density at radius 2 is 1.52 bits per heavy atom. The van der Waals surface area contributed by atoms with E-state index in [1.807, 2.05) is 24.3 Å². The molecule has 1 N–H and O–H groups in total. The summed E-state index contributed by atoms with van der Waals surface area (Å²) in [7, 11) is 1.54. The van der Waals surface area contributed by atoms with Crippen LogP contribution in [0.15, 0.2) is 42.6 Å². The van der Waals surface area contributed by atoms with Crippen LogP contribution in [-0.4, -0.2) is 79.7 Å². The van der Waals surface area contributed by atoms with Gasteiger partial charge in [0.2, 0.25) is 5.95 Å². The van der Waals surface area contributed by atoms with Gasteiger partial charge >= 0.3 is 6.01 Å². The fraction of sp³-hybridized carbons (Fsp3) is 0.391. The number of aromatic nitrogens is 4. The first-order chi connectivity index (χ1) is 16.3. The molecular weight excluding hydrogens is 422 g/mol. The van der Waals surface area contributed by atoms with Crippen LogP contribution in [0.5, 0.6) is 6.01 Å². The second-order valence-electron chi connectivity index (χ2n) is 7.75. The third-order valence-corrected chi connectivity index (χ3v) is 5.64. The van der Waals surface area contributed by atoms with E-state index in [-0.39, 0.29) is 6.01 Å². The summed E-state index contributed by atoms with van der Waals surface area (Å²) >= 11 is 0. The molecule has 0 bridgehead atoms. The van der Waals surface area contributed by atoms with Crippen LogP contribution in [0.2, 0.25) is 0 Å². The summed E-state index contributed by atoms with van der Waals surface area (Å²) in [6.45, 7) is 6.44. The van der Waals surface area contributed by atoms with Gasteiger partial charge in [-0.2, -0.15) is 15.0 Å². The number of pyridine rings is 1. The summed E-state index contributed by atoms with van der Waals surface area (Å²) in [6, 6.07) is 12.4. The Labute approximate surface area is 192 Å². The smallest absolute Gasteiger partial charge is 0.321 e. The van der Waals surface area contributed by atoms with Crippen LogP contribution in [0.4, 0.5) is 23.1 Å². The fourth-order valence-electron chi connectivity index (χ4n) is 3.84. The van der Waals surface area contributed by atoms with Crippen molar-refractivity contribution in [3.8, 4) is 17.4 Å². The molecule has 10 heteroatoms. The number of hydrogen-bond acceptors (Lipinski definition) is 10. The molecule has 0 atom stereocenters. The first-order valence-corrected chi connectivity index (χ1v) is 11.1. The number of benzene rings is 1. The van der Waals surface area contributed by atoms with E-state index in [0.29, 0.717) is 11.8 Å². The predicted octanol–water partition coefficient (Wildman–Crippen LogP) is 2.36. The number of methoxy groups -OCH3 is 1. The molecular formula is C23H27N7O3. The number of nitrogens with zero attached hydrogens (tertiary/aromatic N) is 6. The van der Waals surface area contributed by atoms with Crippen molar-refractivity contribution in [2.45, 2.75) is 0 Å². The van der Waals surface area contributed by atoms with Crippen molar-refractivity contribution in [1.82, 2.24) is 19.9 Å². The van der Waals surface area contributed by atoms with Crippen molar-refractivity contribution >= 4 is 23.1 Å². The molecule has 0 aliphatic carbocycles. The maximum atomic E-state index is 5.43. The van der Waals surface area contributed by atoms with Gasteiger partial charge in [0.15, 0.2) is 5.82 Å². The number of ether oxygens (including phenoxy) is 3. The number of morpholine rings is 2. The van der Waals surface area contributed by atoms with E-state index < -0.39 is 0 Å². The van der Waals surface area contributed by atoms with Crippen molar-refractivity contribution in [2.24, 2.45) is 0 Å². The van der Waals surface area contributed by atoms with E-state index in [0.717, 1.165) is 69.7 Å². The number of hydrogen-bond donors (Lipinski definition) is 1. The Hall–Kier alpha value is -3.50. The third kappa shape index (κ3) is 5.12. The quantitative estimate of drug-likeness (QED) is 0.604. The van der Waals surface area contributed by atoms with E-state index in [4.69, 9.17) is 14.2 Å². The minimum Gasteiger partial charge on any atom is -0.467 e. The van der Waals surface area contributed by atoms with Gasteiger partial charge in [-0.3, -0.25) is 0 Å². The van der Waals surface area contributed by atoms with E-state index in [9.17, 15) is 0 Å². The zero-order valence-corrected chi connectivity index (χ0v) is 18.6. The van der Waals surface area contributed by atoms with Crippen molar-refractivity contribution < 1.29 is 14.2 Å². The lowest BCUT2D eigenvalue weighted by Crippen LogP contribution is -2.36. The lowest BCUT2D eigenvalue weighted by molar-refractivity contribution is 0.122. The normalized spacial score (nSPS) is 16.5. The van der Waals surface area contributed by atoms with Crippen LogP contribution in [0.3, 0.4) is 0 Å². The topological polar surface area (TPSA) is 97.8 Å². The second-order valence-corrected chi connectivity index (χ2v) is 7.75. The average Bonchev–Trinajstić information content (AvgIpc) is 2.90. The zero-order valence-electron chi connectivity index (χ0n) is 18.6. The summed E-state index contributed by atoms with van der Waals surface area (Å²) < 4.78 is 16.2. The van der Waals surface area contributed by atoms with Gasteiger partial charge in [-0.05, 0) is 36.4 Å². The van der Waals surface area contributed by atoms with Gasteiger partial charge in [-0.15, -0.1) is 0 Å². The predicted molar refractivity (Wildman–Crippen MR) is 125 cm³/mol. The molecule has 0 spiro atoms. The van der Waals surface area contributed by atoms with Crippen LogP contribution in [0.25, 0.3) is 11.4 Å². The highest BCUT2D eigenvalue weighted by Crippen LogP contribution is 2.24. The van der Waals surface area contributed by atoms with Crippen LogP contribution in [0, 0.1) is 0 Å². The summed E-state index contributed by atoms with van der Waals surface area (Å²) in [6.07, 6.45) is 1.78. The van der Waals surface area contributed by atoms with Crippen molar-refractivity contribution in [1.29, 1.82) is 0 Å². The highest BCUT2D eigenvalue weighted by atomic mass is 16.5. The van der Waals surface area contributed by atoms with Gasteiger partial charge in [0.1, 0.15) is 5.82 Å². The van der Waals surface area contributed by atoms with Gasteiger partial charge in [0.05, 0.1) is 33.5 Å². The standard InChI is InChI=1S/C23H27N7O3/c1-31-23-27-21(17-2-7-20(24-16-17)30-10-14-33-15-11-30)26-22(28-23)25-18-3-5-19(6-4-18)29-8-12-32-13-9-29/h2-7,16H,8-15H2,1H3,(H,25,26,27,28). The summed E-state index contributed by atoms with van der Waals surface area (Å²) in [5, 5.41) is 3.25. The first kappa shape index (κ1) is 21.4. The van der Waals surface area contributed by atoms with E-state index >= 15 is 0 Å². The fourth-order valence-corrected chi connectivity index (χ4v) is 3.84. The molecule has 172 valence electrons. The Bertz CT molecular complexity index is 1050. The largest absolute Gasteiger partial charge is 0.467 e. The third-order valence-electron chi connectivity index (χ3n) is 5.64. The molecule has 5 rings (SSSR count). The van der Waals surface area contributed by atoms with E-state index in [1.165, 1.54) is 5.69 Å². The molecule has 0 radical (unpaired) electrons. The lowest BCUT2D eigenvalue weighted by atomic mass is 10.2. The Balaban J connectivity index is 1.33. The maximum absolute atomic E-state index is 5.43. The zero-order chi connectivity index (χ0) is 22.5. The van der Waals surface area contributed by atoms with Gasteiger partial charge < -0.3 is 29.3 Å². The maximum Gasteiger partial charge on any atom is 0.321 e. The van der Waals surface area contributed by atoms with Gasteiger partial charge in [0, 0.05) is 49.3 Å². The summed E-state index contributed by atoms with van der Waals surface area (Å²) in [5.74, 6) is 1.82. The van der Waals surface area contributed by atoms with Gasteiger partial charge in [-0.1, -0.05) is 0 Å². The van der Waals surface area contributed by atoms with Gasteiger partial charge in [0.25, 0.3) is 0 Å². The number of anilines is 4. The Morgan fingerprint density at radius 3 is 2.15 bits per heavy atom. The van der Waals surface area contributed by atoms with Crippen LogP contribution >= 0.6 is 0 Å². The van der Waals surface area contributed by atoms with Crippen LogP contribution in [-0.2, 0) is 9.47 Å². The number of rotatable bonds is 6. The van der Waals surface area contributed by atoms with Crippen molar-refractivity contribution in [2.75, 3.05) is 74.8 Å². The van der Waals surface area contributed by atoms with Gasteiger partial charge in [-0.25, -0.2) is 4.98 Å². The summed E-state index contributed by atoms with van der Waals surface area (Å²) in [4.78, 5) is 22.5. The molecule has 10 nitrogen and oxygen atoms in total. The lowest BCUT2D eigenvalue weighted by Gasteiger charge is -2.28. The molecule has 2 aliphatic rings. The minimum atomic E-state index is 0.240. The van der Waals surface area contributed by atoms with E-state index in [1.54, 1.807) is 13.3 Å². The molecule has 1 aromatic carbocycles. The Morgan fingerprint density at radius 1 is 0.818 bits per heavy atom. The highest BCUT2D eigenvalue weighted by molar-refractivity contribution is 5.62. The summed E-state index contributed by atoms with van der Waals surface area (Å²) in [5.41, 5.74) is 2.84. The van der Waals surface area contributed by atoms with E-state index in [2.05, 4.69) is 47.2 Å². The molecule has 0 saturated carbocycles. The monoisotopic (exact) mass is 449 g/mol. The molecule has 2 fully saturated rings. The molecule has 0 amide bonds. The second kappa shape index (κ2) is 9.97. The molecule has 2 saturated heterocycles. The first-order valence-electron chi connectivity index (χ1n) is 11.1. The molecule has 2 aliphatic heterocycles. The van der Waals surface area contributed by atoms with Crippen LogP contribution in [0.1, 0.15) is 0 Å². The number of nitrogens with one attached hydrogen (secondary N) is 1. The average molecular weight is 450 g/mol.